The van der Waals surface area contributed by atoms with E-state index < -0.39 is 0 Å². The number of hydrogen-bond donors (Lipinski definition) is 1. The molecule has 0 unspecified atom stereocenters. The lowest BCUT2D eigenvalue weighted by molar-refractivity contribution is -0.121. The van der Waals surface area contributed by atoms with Gasteiger partial charge in [0, 0.05) is 5.57 Å². The molecule has 0 saturated carbocycles. The Morgan fingerprint density at radius 2 is 2.07 bits per heavy atom. The number of carbonyl (C=O) groups excluding carboxylic acids is 1. The van der Waals surface area contributed by atoms with Gasteiger partial charge >= 0.3 is 0 Å². The minimum Gasteiger partial charge on any atom is -0.355 e. The van der Waals surface area contributed by atoms with Crippen molar-refractivity contribution in [1.29, 1.82) is 0 Å². The van der Waals surface area contributed by atoms with Crippen molar-refractivity contribution in [2.24, 2.45) is 5.92 Å². The third kappa shape index (κ3) is 7.76. The maximum absolute atomic E-state index is 11.0. The van der Waals surface area contributed by atoms with Crippen LogP contribution in [0, 0.1) is 5.92 Å². The third-order valence-electron chi connectivity index (χ3n) is 1.34. The molecule has 4 nitrogen and oxygen atoms in total. The third-order valence-corrected chi connectivity index (χ3v) is 1.34. The fourth-order valence-electron chi connectivity index (χ4n) is 0.652. The Labute approximate surface area is 85.3 Å². The van der Waals surface area contributed by atoms with Crippen molar-refractivity contribution < 1.29 is 14.3 Å². The van der Waals surface area contributed by atoms with E-state index in [1.807, 2.05) is 0 Å². The molecule has 0 saturated heterocycles. The van der Waals surface area contributed by atoms with E-state index in [1.54, 1.807) is 6.92 Å². The predicted molar refractivity (Wildman–Crippen MR) is 54.6 cm³/mol. The Morgan fingerprint density at radius 1 is 1.43 bits per heavy atom. The minimum absolute atomic E-state index is 0.157. The molecule has 0 spiro atoms. The number of carbonyl (C=O) groups is 1. The first-order valence-corrected chi connectivity index (χ1v) is 4.63. The van der Waals surface area contributed by atoms with Gasteiger partial charge in [0.15, 0.2) is 0 Å². The predicted octanol–water partition coefficient (Wildman–Crippen LogP) is 1.28. The second kappa shape index (κ2) is 7.53. The van der Waals surface area contributed by atoms with Crippen molar-refractivity contribution in [1.82, 2.24) is 5.32 Å². The molecule has 0 bridgehead atoms. The molecule has 0 rings (SSSR count). The molecule has 0 aliphatic rings. The van der Waals surface area contributed by atoms with E-state index in [0.29, 0.717) is 18.1 Å². The van der Waals surface area contributed by atoms with Gasteiger partial charge in [-0.05, 0) is 12.8 Å². The first kappa shape index (κ1) is 13.1. The molecule has 0 aliphatic carbocycles. The highest BCUT2D eigenvalue weighted by atomic mass is 16.7. The zero-order chi connectivity index (χ0) is 11.0. The van der Waals surface area contributed by atoms with E-state index in [0.717, 1.165) is 0 Å². The number of nitrogens with one attached hydrogen (secondary N) is 1. The van der Waals surface area contributed by atoms with Crippen molar-refractivity contribution in [3.05, 3.63) is 12.2 Å². The van der Waals surface area contributed by atoms with E-state index in [2.05, 4.69) is 25.7 Å². The van der Waals surface area contributed by atoms with Gasteiger partial charge in [-0.15, -0.1) is 0 Å². The number of hydrogen-bond acceptors (Lipinski definition) is 3. The maximum Gasteiger partial charge on any atom is 0.248 e. The van der Waals surface area contributed by atoms with E-state index in [1.165, 1.54) is 0 Å². The highest BCUT2D eigenvalue weighted by Crippen LogP contribution is 1.92. The largest absolute Gasteiger partial charge is 0.355 e. The molecule has 0 heterocycles. The summed E-state index contributed by atoms with van der Waals surface area (Å²) in [5, 5.41) is 2.53. The molecule has 0 aromatic rings. The Kier molecular flexibility index (Phi) is 7.06. The topological polar surface area (TPSA) is 47.6 Å². The van der Waals surface area contributed by atoms with E-state index in [9.17, 15) is 4.79 Å². The molecule has 82 valence electrons. The summed E-state index contributed by atoms with van der Waals surface area (Å²) in [7, 11) is 0. The maximum atomic E-state index is 11.0. The first-order chi connectivity index (χ1) is 6.54. The Bertz CT molecular complexity index is 190. The van der Waals surface area contributed by atoms with Gasteiger partial charge in [0.1, 0.15) is 13.5 Å². The van der Waals surface area contributed by atoms with Crippen LogP contribution in [0.5, 0.6) is 0 Å². The quantitative estimate of drug-likeness (QED) is 0.383. The molecule has 0 aromatic carbocycles. The molecular formula is C10H19NO3. The SMILES string of the molecule is C=C(C)C(=O)NCOCOCC(C)C. The van der Waals surface area contributed by atoms with Gasteiger partial charge in [-0.25, -0.2) is 0 Å². The van der Waals surface area contributed by atoms with Gasteiger partial charge in [0.25, 0.3) is 0 Å². The summed E-state index contributed by atoms with van der Waals surface area (Å²) >= 11 is 0. The van der Waals surface area contributed by atoms with Crippen molar-refractivity contribution in [3.63, 3.8) is 0 Å². The van der Waals surface area contributed by atoms with Gasteiger partial charge in [-0.3, -0.25) is 4.79 Å². The van der Waals surface area contributed by atoms with E-state index in [4.69, 9.17) is 9.47 Å². The summed E-state index contributed by atoms with van der Waals surface area (Å²) in [6.45, 7) is 10.3. The molecule has 0 fully saturated rings. The lowest BCUT2D eigenvalue weighted by Gasteiger charge is -2.08. The zero-order valence-corrected chi connectivity index (χ0v) is 9.13. The highest BCUT2D eigenvalue weighted by molar-refractivity contribution is 5.91. The number of amides is 1. The van der Waals surface area contributed by atoms with Crippen LogP contribution in [0.25, 0.3) is 0 Å². The molecular weight excluding hydrogens is 182 g/mol. The molecule has 0 radical (unpaired) electrons. The van der Waals surface area contributed by atoms with Crippen LogP contribution in [0.4, 0.5) is 0 Å². The van der Waals surface area contributed by atoms with Gasteiger partial charge in [-0.1, -0.05) is 20.4 Å². The molecule has 0 aliphatic heterocycles. The fourth-order valence-corrected chi connectivity index (χ4v) is 0.652. The van der Waals surface area contributed by atoms with Crippen molar-refractivity contribution in [2.75, 3.05) is 20.1 Å². The van der Waals surface area contributed by atoms with Crippen LogP contribution in [0.2, 0.25) is 0 Å². The van der Waals surface area contributed by atoms with Crippen LogP contribution < -0.4 is 5.32 Å². The fraction of sp³-hybridized carbons (Fsp3) is 0.700. The van der Waals surface area contributed by atoms with Crippen LogP contribution >= 0.6 is 0 Å². The molecule has 1 N–H and O–H groups in total. The van der Waals surface area contributed by atoms with Crippen LogP contribution in [-0.2, 0) is 14.3 Å². The van der Waals surface area contributed by atoms with Crippen molar-refractivity contribution >= 4 is 5.91 Å². The molecule has 4 heteroatoms. The molecule has 14 heavy (non-hydrogen) atoms. The summed E-state index contributed by atoms with van der Waals surface area (Å²) in [5.74, 6) is 0.289. The second-order valence-corrected chi connectivity index (χ2v) is 3.52. The zero-order valence-electron chi connectivity index (χ0n) is 9.13. The lowest BCUT2D eigenvalue weighted by Crippen LogP contribution is -2.27. The second-order valence-electron chi connectivity index (χ2n) is 3.52. The molecule has 0 aromatic heterocycles. The van der Waals surface area contributed by atoms with Gasteiger partial charge < -0.3 is 14.8 Å². The molecule has 0 atom stereocenters. The molecule has 1 amide bonds. The summed E-state index contributed by atoms with van der Waals surface area (Å²) in [5.41, 5.74) is 0.469. The first-order valence-electron chi connectivity index (χ1n) is 4.63. The van der Waals surface area contributed by atoms with Crippen LogP contribution in [0.1, 0.15) is 20.8 Å². The van der Waals surface area contributed by atoms with E-state index >= 15 is 0 Å². The smallest absolute Gasteiger partial charge is 0.248 e. The number of ether oxygens (including phenoxy) is 2. The standard InChI is InChI=1S/C10H19NO3/c1-8(2)5-13-7-14-6-11-10(12)9(3)4/h8H,3,5-7H2,1-2,4H3,(H,11,12). The average Bonchev–Trinajstić information content (AvgIpc) is 2.09. The van der Waals surface area contributed by atoms with Crippen LogP contribution in [-0.4, -0.2) is 26.0 Å². The Morgan fingerprint density at radius 3 is 2.57 bits per heavy atom. The van der Waals surface area contributed by atoms with Gasteiger partial charge in [0.2, 0.25) is 5.91 Å². The highest BCUT2D eigenvalue weighted by Gasteiger charge is 1.99. The summed E-state index contributed by atoms with van der Waals surface area (Å²) < 4.78 is 10.2. The Hall–Kier alpha value is -0.870. The van der Waals surface area contributed by atoms with Crippen LogP contribution in [0.15, 0.2) is 12.2 Å². The summed E-state index contributed by atoms with van der Waals surface area (Å²) in [6, 6.07) is 0. The van der Waals surface area contributed by atoms with Crippen LogP contribution in [0.3, 0.4) is 0 Å². The van der Waals surface area contributed by atoms with Gasteiger partial charge in [-0.2, -0.15) is 0 Å². The minimum atomic E-state index is -0.200. The number of rotatable bonds is 7. The lowest BCUT2D eigenvalue weighted by atomic mass is 10.2. The summed E-state index contributed by atoms with van der Waals surface area (Å²) in [6.07, 6.45) is 0. The Balaban J connectivity index is 3.22. The van der Waals surface area contributed by atoms with E-state index in [-0.39, 0.29) is 19.4 Å². The monoisotopic (exact) mass is 201 g/mol. The van der Waals surface area contributed by atoms with Crippen molar-refractivity contribution in [2.45, 2.75) is 20.8 Å². The summed E-state index contributed by atoms with van der Waals surface area (Å²) in [4.78, 5) is 11.0. The van der Waals surface area contributed by atoms with Crippen molar-refractivity contribution in [3.8, 4) is 0 Å². The van der Waals surface area contributed by atoms with Gasteiger partial charge in [0.05, 0.1) is 6.61 Å². The average molecular weight is 201 g/mol. The normalized spacial score (nSPS) is 10.3.